The summed E-state index contributed by atoms with van der Waals surface area (Å²) in [5.41, 5.74) is 3.39. The highest BCUT2D eigenvalue weighted by atomic mass is 19.4. The van der Waals surface area contributed by atoms with Gasteiger partial charge >= 0.3 is 6.18 Å². The van der Waals surface area contributed by atoms with E-state index in [1.54, 1.807) is 6.92 Å². The zero-order chi connectivity index (χ0) is 28.0. The molecule has 4 rings (SSSR count). The highest BCUT2D eigenvalue weighted by Crippen LogP contribution is 2.54. The van der Waals surface area contributed by atoms with Crippen molar-refractivity contribution in [1.29, 1.82) is 0 Å². The second-order valence-electron chi connectivity index (χ2n) is 8.92. The van der Waals surface area contributed by atoms with E-state index in [-0.39, 0.29) is 11.8 Å². The van der Waals surface area contributed by atoms with Crippen LogP contribution in [0.5, 0.6) is 5.88 Å². The van der Waals surface area contributed by atoms with Crippen molar-refractivity contribution in [2.24, 2.45) is 11.6 Å². The lowest BCUT2D eigenvalue weighted by molar-refractivity contribution is -0.137. The van der Waals surface area contributed by atoms with E-state index in [1.165, 1.54) is 7.05 Å². The fourth-order valence-corrected chi connectivity index (χ4v) is 4.31. The van der Waals surface area contributed by atoms with Crippen molar-refractivity contribution in [3.05, 3.63) is 40.0 Å². The molecule has 14 heteroatoms. The fraction of sp³-hybridized carbons (Fsp3) is 0.435. The normalized spacial score (nSPS) is 20.2. The van der Waals surface area contributed by atoms with Crippen molar-refractivity contribution in [2.75, 3.05) is 19.8 Å². The second kappa shape index (κ2) is 9.84. The molecule has 1 aliphatic heterocycles. The van der Waals surface area contributed by atoms with Gasteiger partial charge in [0, 0.05) is 30.6 Å². The molecule has 1 aromatic heterocycles. The quantitative estimate of drug-likeness (QED) is 0.0808. The average molecular weight is 530 g/mol. The number of aldehydes is 1. The van der Waals surface area contributed by atoms with Gasteiger partial charge in [0.05, 0.1) is 28.5 Å². The predicted molar refractivity (Wildman–Crippen MR) is 124 cm³/mol. The van der Waals surface area contributed by atoms with Gasteiger partial charge in [-0.25, -0.2) is 19.6 Å². The van der Waals surface area contributed by atoms with Crippen molar-refractivity contribution < 1.29 is 36.3 Å². The van der Waals surface area contributed by atoms with Crippen LogP contribution in [0.15, 0.2) is 6.07 Å². The molecule has 37 heavy (non-hydrogen) atoms. The molecule has 1 saturated heterocycles. The third-order valence-corrected chi connectivity index (χ3v) is 6.28. The molecule has 1 saturated carbocycles. The van der Waals surface area contributed by atoms with Crippen LogP contribution in [0.1, 0.15) is 51.6 Å². The van der Waals surface area contributed by atoms with Crippen molar-refractivity contribution >= 4 is 17.9 Å². The Balaban J connectivity index is 0.00000186. The van der Waals surface area contributed by atoms with Gasteiger partial charge in [0.1, 0.15) is 11.5 Å². The Kier molecular flexibility index (Phi) is 7.50. The molecule has 1 aliphatic carbocycles. The molecule has 9 nitrogen and oxygen atoms in total. The smallest absolute Gasteiger partial charge is 0.417 e. The lowest BCUT2D eigenvalue weighted by atomic mass is 9.94. The predicted octanol–water partition coefficient (Wildman–Crippen LogP) is 2.54. The minimum absolute atomic E-state index is 0.0915. The zero-order valence-corrected chi connectivity index (χ0v) is 20.5. The Morgan fingerprint density at radius 1 is 1.35 bits per heavy atom. The van der Waals surface area contributed by atoms with E-state index in [9.17, 15) is 27.2 Å². The van der Waals surface area contributed by atoms with Crippen molar-refractivity contribution in [1.82, 2.24) is 15.3 Å². The second-order valence-corrected chi connectivity index (χ2v) is 8.92. The highest BCUT2D eigenvalue weighted by molar-refractivity contribution is 6.03. The summed E-state index contributed by atoms with van der Waals surface area (Å²) in [6.45, 7) is 2.48. The van der Waals surface area contributed by atoms with Gasteiger partial charge < -0.3 is 21.5 Å². The van der Waals surface area contributed by atoms with Gasteiger partial charge in [0.15, 0.2) is 12.1 Å². The van der Waals surface area contributed by atoms with E-state index in [4.69, 9.17) is 16.3 Å². The standard InChI is InChI=1S/C22H22F5N5O3.CH5N/c1-8(5-21-6-13(21)31-21)35-19-11(7-33)14(20(34)32(3)29)17(24)18(30-19)10-4-12(28)16(23)9(2)15(10)22(25,26)27;1-2/h4,7-8,13,31H,5-6,28-29H2,1-3H3;2H2,1H3. The van der Waals surface area contributed by atoms with Crippen LogP contribution in [0.3, 0.4) is 0 Å². The first-order valence-corrected chi connectivity index (χ1v) is 11.1. The first-order valence-electron chi connectivity index (χ1n) is 11.1. The largest absolute Gasteiger partial charge is 0.474 e. The summed E-state index contributed by atoms with van der Waals surface area (Å²) in [6.07, 6.45) is -4.21. The number of carbonyl (C=O) groups excluding carboxylic acids is 2. The number of aromatic nitrogens is 1. The molecule has 0 bridgehead atoms. The molecule has 202 valence electrons. The summed E-state index contributed by atoms with van der Waals surface area (Å²) in [7, 11) is 2.56. The molecule has 2 fully saturated rings. The summed E-state index contributed by atoms with van der Waals surface area (Å²) in [4.78, 5) is 28.4. The number of rotatable bonds is 7. The lowest BCUT2D eigenvalue weighted by Gasteiger charge is -2.22. The maximum Gasteiger partial charge on any atom is 0.417 e. The number of amides is 1. The number of hydrazine groups is 1. The van der Waals surface area contributed by atoms with Crippen molar-refractivity contribution in [3.8, 4) is 17.1 Å². The number of pyridine rings is 1. The average Bonchev–Trinajstić information content (AvgIpc) is 3.68. The van der Waals surface area contributed by atoms with Crippen LogP contribution in [-0.4, -0.2) is 54.0 Å². The Labute approximate surface area is 209 Å². The first kappa shape index (κ1) is 28.2. The number of benzene rings is 1. The third kappa shape index (κ3) is 5.08. The highest BCUT2D eigenvalue weighted by Gasteiger charge is 2.69. The SMILES string of the molecule is CN.Cc1c(F)c(N)cc(-c2nc(OC(C)CC34CC3N4)c(C=O)c(C(=O)N(C)N)c2F)c1C(F)(F)F. The van der Waals surface area contributed by atoms with E-state index < -0.39 is 74.9 Å². The van der Waals surface area contributed by atoms with E-state index in [2.05, 4.69) is 16.0 Å². The Morgan fingerprint density at radius 3 is 2.38 bits per heavy atom. The number of alkyl halides is 3. The number of nitrogens with two attached hydrogens (primary N) is 3. The number of halogens is 5. The number of nitrogen functional groups attached to an aromatic ring is 1. The van der Waals surface area contributed by atoms with Gasteiger partial charge in [-0.2, -0.15) is 13.2 Å². The van der Waals surface area contributed by atoms with Crippen molar-refractivity contribution in [2.45, 2.75) is 50.6 Å². The number of carbonyl (C=O) groups is 2. The number of hydrogen-bond donors (Lipinski definition) is 4. The molecular weight excluding hydrogens is 503 g/mol. The lowest BCUT2D eigenvalue weighted by Crippen LogP contribution is -2.35. The minimum atomic E-state index is -5.13. The maximum absolute atomic E-state index is 15.7. The molecule has 2 heterocycles. The number of nitrogens with one attached hydrogen (secondary N) is 1. The van der Waals surface area contributed by atoms with Crippen LogP contribution in [0.4, 0.5) is 27.6 Å². The minimum Gasteiger partial charge on any atom is -0.474 e. The molecule has 0 spiro atoms. The van der Waals surface area contributed by atoms with Crippen LogP contribution < -0.4 is 27.4 Å². The summed E-state index contributed by atoms with van der Waals surface area (Å²) in [5.74, 6) is 0.787. The van der Waals surface area contributed by atoms with Gasteiger partial charge in [-0.1, -0.05) is 0 Å². The molecule has 0 radical (unpaired) electrons. The number of ether oxygens (including phenoxy) is 1. The number of anilines is 1. The molecular formula is C23H27F5N6O3. The maximum atomic E-state index is 15.7. The molecule has 3 atom stereocenters. The molecule has 2 aliphatic rings. The van der Waals surface area contributed by atoms with E-state index in [0.29, 0.717) is 23.5 Å². The van der Waals surface area contributed by atoms with Gasteiger partial charge in [0.25, 0.3) is 5.91 Å². The third-order valence-electron chi connectivity index (χ3n) is 6.28. The van der Waals surface area contributed by atoms with Crippen LogP contribution in [0.2, 0.25) is 0 Å². The van der Waals surface area contributed by atoms with Gasteiger partial charge in [-0.15, -0.1) is 0 Å². The van der Waals surface area contributed by atoms with Crippen LogP contribution in [0.25, 0.3) is 11.3 Å². The zero-order valence-electron chi connectivity index (χ0n) is 20.5. The van der Waals surface area contributed by atoms with E-state index in [1.807, 2.05) is 0 Å². The first-order chi connectivity index (χ1) is 17.2. The van der Waals surface area contributed by atoms with E-state index in [0.717, 1.165) is 20.4 Å². The Bertz CT molecular complexity index is 1240. The summed E-state index contributed by atoms with van der Waals surface area (Å²) in [5, 5.41) is 3.66. The number of hydrogen-bond acceptors (Lipinski definition) is 8. The molecule has 1 amide bonds. The number of nitrogens with zero attached hydrogens (tertiary/aromatic N) is 2. The molecule has 3 unspecified atom stereocenters. The van der Waals surface area contributed by atoms with Gasteiger partial charge in [0.2, 0.25) is 5.88 Å². The monoisotopic (exact) mass is 530 g/mol. The topological polar surface area (TPSA) is 160 Å². The molecule has 2 aromatic rings. The molecule has 1 aromatic carbocycles. The van der Waals surface area contributed by atoms with Gasteiger partial charge in [-0.05, 0) is 38.9 Å². The Hall–Kier alpha value is -3.36. The molecule has 7 N–H and O–H groups in total. The van der Waals surface area contributed by atoms with Crippen LogP contribution in [0, 0.1) is 18.6 Å². The van der Waals surface area contributed by atoms with E-state index >= 15 is 4.39 Å². The van der Waals surface area contributed by atoms with Crippen LogP contribution >= 0.6 is 0 Å². The van der Waals surface area contributed by atoms with Crippen LogP contribution in [-0.2, 0) is 6.18 Å². The number of fused-ring (bicyclic) bond motifs is 1. The van der Waals surface area contributed by atoms with Crippen molar-refractivity contribution in [3.63, 3.8) is 0 Å². The summed E-state index contributed by atoms with van der Waals surface area (Å²) >= 11 is 0. The fourth-order valence-electron chi connectivity index (χ4n) is 4.31. The van der Waals surface area contributed by atoms with Gasteiger partial charge in [-0.3, -0.25) is 14.6 Å². The Morgan fingerprint density at radius 2 is 1.92 bits per heavy atom. The summed E-state index contributed by atoms with van der Waals surface area (Å²) in [6, 6.07) is 0.936. The summed E-state index contributed by atoms with van der Waals surface area (Å²) < 4.78 is 77.5.